The normalized spacial score (nSPS) is 29.0. The van der Waals surface area contributed by atoms with Crippen molar-refractivity contribution in [2.24, 2.45) is 11.8 Å². The van der Waals surface area contributed by atoms with Crippen molar-refractivity contribution in [1.82, 2.24) is 9.80 Å². The highest BCUT2D eigenvalue weighted by Gasteiger charge is 2.43. The molecule has 0 spiro atoms. The molecule has 0 radical (unpaired) electrons. The van der Waals surface area contributed by atoms with Gasteiger partial charge in [-0.15, -0.1) is 0 Å². The van der Waals surface area contributed by atoms with E-state index >= 15 is 0 Å². The van der Waals surface area contributed by atoms with Crippen LogP contribution in [-0.2, 0) is 6.42 Å². The zero-order chi connectivity index (χ0) is 17.6. The fourth-order valence-corrected chi connectivity index (χ4v) is 5.39. The molecule has 3 nitrogen and oxygen atoms in total. The minimum absolute atomic E-state index is 0.467. The van der Waals surface area contributed by atoms with Crippen molar-refractivity contribution in [3.63, 3.8) is 0 Å². The molecule has 1 aromatic rings. The van der Waals surface area contributed by atoms with Crippen LogP contribution >= 0.6 is 12.2 Å². The lowest BCUT2D eigenvalue weighted by molar-refractivity contribution is 0.0164. The number of hydrogen-bond acceptors (Lipinski definition) is 3. The minimum atomic E-state index is 0.467. The third-order valence-corrected chi connectivity index (χ3v) is 7.15. The summed E-state index contributed by atoms with van der Waals surface area (Å²) in [4.78, 5) is 6.50. The van der Waals surface area contributed by atoms with Gasteiger partial charge in [0.15, 0.2) is 0 Å². The van der Waals surface area contributed by atoms with Crippen molar-refractivity contribution in [2.45, 2.75) is 51.6 Å². The summed E-state index contributed by atoms with van der Waals surface area (Å²) in [7, 11) is 1.76. The number of ether oxygens (including phenoxy) is 1. The molecule has 1 aromatic carbocycles. The molecule has 136 valence electrons. The monoisotopic (exact) mass is 358 g/mol. The predicted octanol–water partition coefficient (Wildman–Crippen LogP) is 4.06. The van der Waals surface area contributed by atoms with E-state index < -0.39 is 0 Å². The van der Waals surface area contributed by atoms with Gasteiger partial charge in [-0.1, -0.05) is 32.1 Å². The molecular weight excluding hydrogens is 328 g/mol. The van der Waals surface area contributed by atoms with Crippen LogP contribution in [0.3, 0.4) is 0 Å². The fraction of sp³-hybridized carbons (Fsp3) is 0.667. The Bertz CT molecular complexity index is 659. The van der Waals surface area contributed by atoms with Crippen LogP contribution in [0.4, 0.5) is 0 Å². The lowest BCUT2D eigenvalue weighted by Gasteiger charge is -2.53. The largest absolute Gasteiger partial charge is 0.497 e. The lowest BCUT2D eigenvalue weighted by Crippen LogP contribution is -2.57. The van der Waals surface area contributed by atoms with Crippen LogP contribution < -0.4 is 4.74 Å². The predicted molar refractivity (Wildman–Crippen MR) is 106 cm³/mol. The Kier molecular flexibility index (Phi) is 4.76. The van der Waals surface area contributed by atoms with E-state index in [0.29, 0.717) is 18.0 Å². The molecule has 2 fully saturated rings. The molecule has 3 heterocycles. The van der Waals surface area contributed by atoms with Crippen LogP contribution in [0.15, 0.2) is 18.2 Å². The summed E-state index contributed by atoms with van der Waals surface area (Å²) < 4.78 is 5.44. The standard InChI is InChI=1S/C21H30N2OS/c1-14(2)21(25)23-9-4-5-16-13-22-10-8-15-11-17(24-3)6-7-18(15)20(22)12-19(16)23/h6-7,11,14,16,19-20H,4-5,8-10,12-13H2,1-3H3. The van der Waals surface area contributed by atoms with Crippen molar-refractivity contribution < 1.29 is 4.74 Å². The fourth-order valence-electron chi connectivity index (χ4n) is 5.17. The highest BCUT2D eigenvalue weighted by molar-refractivity contribution is 7.80. The van der Waals surface area contributed by atoms with E-state index in [9.17, 15) is 0 Å². The summed E-state index contributed by atoms with van der Waals surface area (Å²) in [6.07, 6.45) is 5.02. The molecule has 0 saturated carbocycles. The maximum absolute atomic E-state index is 5.82. The van der Waals surface area contributed by atoms with Gasteiger partial charge in [0, 0.05) is 37.6 Å². The van der Waals surface area contributed by atoms with Crippen molar-refractivity contribution in [3.05, 3.63) is 29.3 Å². The van der Waals surface area contributed by atoms with Crippen LogP contribution in [-0.4, -0.2) is 47.6 Å². The van der Waals surface area contributed by atoms with Crippen LogP contribution in [0.2, 0.25) is 0 Å². The summed E-state index contributed by atoms with van der Waals surface area (Å²) in [6.45, 7) is 8.05. The van der Waals surface area contributed by atoms with E-state index in [2.05, 4.69) is 41.8 Å². The summed E-state index contributed by atoms with van der Waals surface area (Å²) in [5.74, 6) is 2.23. The molecule has 3 atom stereocenters. The summed E-state index contributed by atoms with van der Waals surface area (Å²) >= 11 is 5.82. The van der Waals surface area contributed by atoms with Gasteiger partial charge in [0.25, 0.3) is 0 Å². The molecule has 4 rings (SSSR count). The van der Waals surface area contributed by atoms with Crippen molar-refractivity contribution in [2.75, 3.05) is 26.7 Å². The van der Waals surface area contributed by atoms with Gasteiger partial charge in [0.05, 0.1) is 12.1 Å². The Balaban J connectivity index is 1.62. The number of hydrogen-bond donors (Lipinski definition) is 0. The Labute approximate surface area is 157 Å². The molecule has 0 amide bonds. The first-order chi connectivity index (χ1) is 12.1. The summed E-state index contributed by atoms with van der Waals surface area (Å²) in [5, 5.41) is 0. The molecule has 0 N–H and O–H groups in total. The number of benzene rings is 1. The number of nitrogens with zero attached hydrogens (tertiary/aromatic N) is 2. The van der Waals surface area contributed by atoms with Crippen molar-refractivity contribution in [3.8, 4) is 5.75 Å². The van der Waals surface area contributed by atoms with E-state index in [1.807, 2.05) is 0 Å². The molecule has 3 aliphatic heterocycles. The molecule has 2 saturated heterocycles. The third-order valence-electron chi connectivity index (χ3n) is 6.45. The van der Waals surface area contributed by atoms with E-state index in [1.54, 1.807) is 7.11 Å². The average molecular weight is 359 g/mol. The van der Waals surface area contributed by atoms with E-state index in [-0.39, 0.29) is 0 Å². The molecule has 0 aliphatic carbocycles. The van der Waals surface area contributed by atoms with Crippen molar-refractivity contribution in [1.29, 1.82) is 0 Å². The maximum atomic E-state index is 5.82. The first-order valence-corrected chi connectivity index (χ1v) is 10.2. The van der Waals surface area contributed by atoms with E-state index in [0.717, 1.165) is 24.6 Å². The Hall–Kier alpha value is -1.13. The number of methoxy groups -OCH3 is 1. The maximum Gasteiger partial charge on any atom is 0.119 e. The Morgan fingerprint density at radius 3 is 2.88 bits per heavy atom. The first-order valence-electron chi connectivity index (χ1n) is 9.80. The van der Waals surface area contributed by atoms with Crippen LogP contribution in [0, 0.1) is 11.8 Å². The quantitative estimate of drug-likeness (QED) is 0.741. The lowest BCUT2D eigenvalue weighted by atomic mass is 9.76. The smallest absolute Gasteiger partial charge is 0.119 e. The highest BCUT2D eigenvalue weighted by atomic mass is 32.1. The second-order valence-electron chi connectivity index (χ2n) is 8.22. The third kappa shape index (κ3) is 3.08. The van der Waals surface area contributed by atoms with Gasteiger partial charge in [-0.05, 0) is 54.9 Å². The van der Waals surface area contributed by atoms with Crippen LogP contribution in [0.1, 0.15) is 50.3 Å². The summed E-state index contributed by atoms with van der Waals surface area (Å²) in [5.41, 5.74) is 3.00. The van der Waals surface area contributed by atoms with Crippen molar-refractivity contribution >= 4 is 17.2 Å². The molecule has 25 heavy (non-hydrogen) atoms. The van der Waals surface area contributed by atoms with E-state index in [1.165, 1.54) is 48.5 Å². The number of piperidine rings is 2. The SMILES string of the molecule is COc1ccc2c(c1)CCN1CC3CCCN(C(=S)C(C)C)C3CC21. The zero-order valence-corrected chi connectivity index (χ0v) is 16.5. The van der Waals surface area contributed by atoms with E-state index in [4.69, 9.17) is 17.0 Å². The number of likely N-dealkylation sites (tertiary alicyclic amines) is 1. The van der Waals surface area contributed by atoms with Gasteiger partial charge in [-0.3, -0.25) is 4.90 Å². The first kappa shape index (κ1) is 17.3. The minimum Gasteiger partial charge on any atom is -0.497 e. The molecule has 3 unspecified atom stereocenters. The highest BCUT2D eigenvalue weighted by Crippen LogP contribution is 2.43. The number of fused-ring (bicyclic) bond motifs is 4. The van der Waals surface area contributed by atoms with Gasteiger partial charge in [0.2, 0.25) is 0 Å². The second-order valence-corrected chi connectivity index (χ2v) is 8.64. The summed E-state index contributed by atoms with van der Waals surface area (Å²) in [6, 6.07) is 7.85. The molecule has 3 aliphatic rings. The average Bonchev–Trinajstić information content (AvgIpc) is 2.64. The Morgan fingerprint density at radius 1 is 1.28 bits per heavy atom. The zero-order valence-electron chi connectivity index (χ0n) is 15.7. The van der Waals surface area contributed by atoms with Gasteiger partial charge in [-0.2, -0.15) is 0 Å². The van der Waals surface area contributed by atoms with Gasteiger partial charge < -0.3 is 9.64 Å². The van der Waals surface area contributed by atoms with Gasteiger partial charge in [0.1, 0.15) is 5.75 Å². The topological polar surface area (TPSA) is 15.7 Å². The Morgan fingerprint density at radius 2 is 2.12 bits per heavy atom. The molecule has 4 heteroatoms. The van der Waals surface area contributed by atoms with Crippen LogP contribution in [0.5, 0.6) is 5.75 Å². The number of rotatable bonds is 2. The van der Waals surface area contributed by atoms with Crippen LogP contribution in [0.25, 0.3) is 0 Å². The number of thiocarbonyl (C=S) groups is 1. The van der Waals surface area contributed by atoms with Gasteiger partial charge in [-0.25, -0.2) is 0 Å². The molecule has 0 bridgehead atoms. The molecular formula is C21H30N2OS. The van der Waals surface area contributed by atoms with Gasteiger partial charge >= 0.3 is 0 Å². The molecule has 0 aromatic heterocycles. The second kappa shape index (κ2) is 6.88.